The average Bonchev–Trinajstić information content (AvgIpc) is 2.75. The molecular weight excluding hydrogens is 252 g/mol. The fourth-order valence-corrected chi connectivity index (χ4v) is 2.51. The molecule has 1 aromatic carbocycles. The minimum absolute atomic E-state index is 0.0326. The lowest BCUT2D eigenvalue weighted by Gasteiger charge is -2.36. The molecular formula is C16H20N2O2. The van der Waals surface area contributed by atoms with Gasteiger partial charge in [-0.3, -0.25) is 4.79 Å². The Morgan fingerprint density at radius 3 is 2.70 bits per heavy atom. The minimum atomic E-state index is -0.626. The third-order valence-electron chi connectivity index (χ3n) is 4.21. The summed E-state index contributed by atoms with van der Waals surface area (Å²) < 4.78 is 5.34. The summed E-state index contributed by atoms with van der Waals surface area (Å²) in [4.78, 5) is 15.3. The molecule has 2 aromatic rings. The first-order chi connectivity index (χ1) is 9.48. The summed E-state index contributed by atoms with van der Waals surface area (Å²) in [5.41, 5.74) is 4.05. The number of carbonyl (C=O) groups excluding carboxylic acids is 1. The Bertz CT molecular complexity index is 629. The number of carbonyl (C=O) groups is 1. The molecule has 4 nitrogen and oxygen atoms in total. The number of ether oxygens (including phenoxy) is 1. The molecule has 0 bridgehead atoms. The summed E-state index contributed by atoms with van der Waals surface area (Å²) in [5.74, 6) is -0.0326. The number of H-pyrrole nitrogens is 1. The van der Waals surface area contributed by atoms with E-state index in [4.69, 9.17) is 4.74 Å². The van der Waals surface area contributed by atoms with Gasteiger partial charge in [0.2, 0.25) is 0 Å². The summed E-state index contributed by atoms with van der Waals surface area (Å²) in [7, 11) is 0. The molecule has 4 heteroatoms. The first-order valence-corrected chi connectivity index (χ1v) is 6.99. The lowest BCUT2D eigenvalue weighted by molar-refractivity contribution is -0.171. The molecule has 1 aliphatic rings. The second-order valence-corrected chi connectivity index (χ2v) is 5.83. The minimum Gasteiger partial charge on any atom is -0.365 e. The molecule has 106 valence electrons. The number of rotatable bonds is 3. The largest absolute Gasteiger partial charge is 0.365 e. The van der Waals surface area contributed by atoms with E-state index < -0.39 is 5.60 Å². The molecule has 1 amide bonds. The van der Waals surface area contributed by atoms with E-state index in [1.165, 1.54) is 16.5 Å². The maximum absolute atomic E-state index is 12.0. The van der Waals surface area contributed by atoms with Crippen LogP contribution in [0.2, 0.25) is 0 Å². The van der Waals surface area contributed by atoms with Gasteiger partial charge in [-0.1, -0.05) is 0 Å². The number of fused-ring (bicyclic) bond motifs is 1. The maximum Gasteiger partial charge on any atom is 0.252 e. The molecule has 1 atom stereocenters. The van der Waals surface area contributed by atoms with Gasteiger partial charge in [0.05, 0.1) is 13.2 Å². The van der Waals surface area contributed by atoms with Crippen LogP contribution in [0.15, 0.2) is 18.2 Å². The van der Waals surface area contributed by atoms with Crippen molar-refractivity contribution < 1.29 is 9.53 Å². The van der Waals surface area contributed by atoms with E-state index >= 15 is 0 Å². The van der Waals surface area contributed by atoms with Crippen molar-refractivity contribution in [2.75, 3.05) is 6.61 Å². The highest BCUT2D eigenvalue weighted by Crippen LogP contribution is 2.26. The van der Waals surface area contributed by atoms with Crippen molar-refractivity contribution in [3.05, 3.63) is 35.0 Å². The molecule has 1 saturated heterocycles. The van der Waals surface area contributed by atoms with E-state index in [9.17, 15) is 4.79 Å². The van der Waals surface area contributed by atoms with Gasteiger partial charge in [-0.15, -0.1) is 0 Å². The van der Waals surface area contributed by atoms with Crippen LogP contribution in [-0.4, -0.2) is 23.1 Å². The highest BCUT2D eigenvalue weighted by atomic mass is 16.5. The molecule has 1 fully saturated rings. The highest BCUT2D eigenvalue weighted by molar-refractivity contribution is 5.86. The van der Waals surface area contributed by atoms with E-state index in [1.54, 1.807) is 0 Å². The SMILES string of the molecule is Cc1cc2cc(CNC(=O)C3(C)CCO3)[nH]c2cc1C. The van der Waals surface area contributed by atoms with Gasteiger partial charge in [-0.2, -0.15) is 0 Å². The van der Waals surface area contributed by atoms with Crippen molar-refractivity contribution in [1.29, 1.82) is 0 Å². The molecule has 1 unspecified atom stereocenters. The standard InChI is InChI=1S/C16H20N2O2/c1-10-6-12-8-13(18-14(12)7-11(10)2)9-17-15(19)16(3)4-5-20-16/h6-8,18H,4-5,9H2,1-3H3,(H,17,19). The fraction of sp³-hybridized carbons (Fsp3) is 0.438. The number of aromatic nitrogens is 1. The van der Waals surface area contributed by atoms with Crippen LogP contribution in [0.5, 0.6) is 0 Å². The zero-order chi connectivity index (χ0) is 14.3. The Kier molecular flexibility index (Phi) is 3.05. The number of hydrogen-bond acceptors (Lipinski definition) is 2. The van der Waals surface area contributed by atoms with E-state index in [-0.39, 0.29) is 5.91 Å². The van der Waals surface area contributed by atoms with Gasteiger partial charge in [0.15, 0.2) is 0 Å². The van der Waals surface area contributed by atoms with Crippen molar-refractivity contribution in [1.82, 2.24) is 10.3 Å². The van der Waals surface area contributed by atoms with E-state index in [1.807, 2.05) is 6.92 Å². The van der Waals surface area contributed by atoms with Gasteiger partial charge in [-0.05, 0) is 55.5 Å². The van der Waals surface area contributed by atoms with Crippen LogP contribution in [0.4, 0.5) is 0 Å². The van der Waals surface area contributed by atoms with Gasteiger partial charge < -0.3 is 15.0 Å². The number of aromatic amines is 1. The molecule has 2 N–H and O–H groups in total. The fourth-order valence-electron chi connectivity index (χ4n) is 2.51. The number of aryl methyl sites for hydroxylation is 2. The zero-order valence-corrected chi connectivity index (χ0v) is 12.2. The maximum atomic E-state index is 12.0. The van der Waals surface area contributed by atoms with Gasteiger partial charge in [0.1, 0.15) is 5.60 Å². The Morgan fingerprint density at radius 2 is 2.05 bits per heavy atom. The molecule has 0 aliphatic carbocycles. The molecule has 0 saturated carbocycles. The highest BCUT2D eigenvalue weighted by Gasteiger charge is 2.40. The van der Waals surface area contributed by atoms with Gasteiger partial charge in [0, 0.05) is 17.6 Å². The summed E-state index contributed by atoms with van der Waals surface area (Å²) >= 11 is 0. The Labute approximate surface area is 118 Å². The first kappa shape index (κ1) is 13.2. The van der Waals surface area contributed by atoms with Crippen molar-refractivity contribution in [2.45, 2.75) is 39.3 Å². The zero-order valence-electron chi connectivity index (χ0n) is 12.2. The Balaban J connectivity index is 1.73. The molecule has 1 aromatic heterocycles. The van der Waals surface area contributed by atoms with Crippen LogP contribution in [0, 0.1) is 13.8 Å². The number of nitrogens with one attached hydrogen (secondary N) is 2. The van der Waals surface area contributed by atoms with Crippen molar-refractivity contribution in [3.63, 3.8) is 0 Å². The lowest BCUT2D eigenvalue weighted by Crippen LogP contribution is -2.53. The molecule has 2 heterocycles. The Morgan fingerprint density at radius 1 is 1.35 bits per heavy atom. The predicted molar refractivity (Wildman–Crippen MR) is 78.6 cm³/mol. The van der Waals surface area contributed by atoms with E-state index in [0.29, 0.717) is 13.2 Å². The third kappa shape index (κ3) is 2.20. The Hall–Kier alpha value is -1.81. The van der Waals surface area contributed by atoms with Crippen LogP contribution in [0.25, 0.3) is 10.9 Å². The van der Waals surface area contributed by atoms with Gasteiger partial charge in [-0.25, -0.2) is 0 Å². The summed E-state index contributed by atoms with van der Waals surface area (Å²) in [5, 5.41) is 4.12. The van der Waals surface area contributed by atoms with Crippen LogP contribution < -0.4 is 5.32 Å². The van der Waals surface area contributed by atoms with Crippen LogP contribution >= 0.6 is 0 Å². The second-order valence-electron chi connectivity index (χ2n) is 5.83. The number of benzene rings is 1. The second kappa shape index (κ2) is 4.63. The predicted octanol–water partition coefficient (Wildman–Crippen LogP) is 2.58. The summed E-state index contributed by atoms with van der Waals surface area (Å²) in [6.07, 6.45) is 0.796. The lowest BCUT2D eigenvalue weighted by atomic mass is 9.96. The smallest absolute Gasteiger partial charge is 0.252 e. The number of hydrogen-bond donors (Lipinski definition) is 2. The topological polar surface area (TPSA) is 54.1 Å². The van der Waals surface area contributed by atoms with Crippen molar-refractivity contribution in [3.8, 4) is 0 Å². The van der Waals surface area contributed by atoms with Crippen LogP contribution in [0.3, 0.4) is 0 Å². The average molecular weight is 272 g/mol. The van der Waals surface area contributed by atoms with E-state index in [0.717, 1.165) is 17.6 Å². The molecule has 3 rings (SSSR count). The van der Waals surface area contributed by atoms with Crippen LogP contribution in [0.1, 0.15) is 30.2 Å². The molecule has 0 radical (unpaired) electrons. The monoisotopic (exact) mass is 272 g/mol. The van der Waals surface area contributed by atoms with Crippen molar-refractivity contribution in [2.24, 2.45) is 0 Å². The van der Waals surface area contributed by atoms with Crippen molar-refractivity contribution >= 4 is 16.8 Å². The quantitative estimate of drug-likeness (QED) is 0.902. The summed E-state index contributed by atoms with van der Waals surface area (Å²) in [6, 6.07) is 6.40. The molecule has 0 spiro atoms. The van der Waals surface area contributed by atoms with E-state index in [2.05, 4.69) is 42.3 Å². The molecule has 1 aliphatic heterocycles. The molecule has 20 heavy (non-hydrogen) atoms. The van der Waals surface area contributed by atoms with Gasteiger partial charge in [0.25, 0.3) is 5.91 Å². The first-order valence-electron chi connectivity index (χ1n) is 6.99. The van der Waals surface area contributed by atoms with Gasteiger partial charge >= 0.3 is 0 Å². The normalized spacial score (nSPS) is 21.8. The number of amides is 1. The van der Waals surface area contributed by atoms with Crippen LogP contribution in [-0.2, 0) is 16.1 Å². The summed E-state index contributed by atoms with van der Waals surface area (Å²) in [6.45, 7) is 7.23. The third-order valence-corrected chi connectivity index (χ3v) is 4.21.